The molecule has 0 bridgehead atoms. The molecule has 1 heterocycles. The zero-order valence-electron chi connectivity index (χ0n) is 17.1. The first kappa shape index (κ1) is 20.7. The Morgan fingerprint density at radius 3 is 2.61 bits per heavy atom. The van der Waals surface area contributed by atoms with Gasteiger partial charge in [0.1, 0.15) is 12.4 Å². The predicted octanol–water partition coefficient (Wildman–Crippen LogP) is 4.33. The Hall–Kier alpha value is -3.58. The van der Waals surface area contributed by atoms with Gasteiger partial charge in [0, 0.05) is 11.3 Å². The molecule has 31 heavy (non-hydrogen) atoms. The average molecular weight is 436 g/mol. The van der Waals surface area contributed by atoms with E-state index in [2.05, 4.69) is 4.72 Å². The molecule has 4 rings (SSSR count). The highest BCUT2D eigenvalue weighted by atomic mass is 32.2. The van der Waals surface area contributed by atoms with Crippen molar-refractivity contribution in [3.05, 3.63) is 94.5 Å². The number of benzene rings is 3. The monoisotopic (exact) mass is 435 g/mol. The minimum absolute atomic E-state index is 0.397. The van der Waals surface area contributed by atoms with Crippen LogP contribution in [0.2, 0.25) is 0 Å². The van der Waals surface area contributed by atoms with Crippen LogP contribution < -0.4 is 9.46 Å². The molecule has 158 valence electrons. The van der Waals surface area contributed by atoms with Gasteiger partial charge in [-0.15, -0.1) is 0 Å². The molecule has 1 aliphatic rings. The van der Waals surface area contributed by atoms with Gasteiger partial charge in [0.2, 0.25) is 10.0 Å². The summed E-state index contributed by atoms with van der Waals surface area (Å²) in [5.74, 6) is 0.222. The highest BCUT2D eigenvalue weighted by molar-refractivity contribution is 7.92. The van der Waals surface area contributed by atoms with Crippen molar-refractivity contribution in [3.63, 3.8) is 0 Å². The van der Waals surface area contributed by atoms with E-state index in [9.17, 15) is 13.2 Å². The van der Waals surface area contributed by atoms with Crippen LogP contribution in [-0.4, -0.2) is 27.8 Å². The Bertz CT molecular complexity index is 1290. The number of anilines is 1. The number of esters is 1. The summed E-state index contributed by atoms with van der Waals surface area (Å²) in [7, 11) is -2.05. The summed E-state index contributed by atoms with van der Waals surface area (Å²) < 4.78 is 36.6. The van der Waals surface area contributed by atoms with Crippen LogP contribution in [0.15, 0.2) is 66.7 Å². The fourth-order valence-corrected chi connectivity index (χ4v) is 4.10. The van der Waals surface area contributed by atoms with Crippen LogP contribution in [0.25, 0.3) is 11.6 Å². The molecule has 0 spiro atoms. The largest absolute Gasteiger partial charge is 0.488 e. The number of fused-ring (bicyclic) bond motifs is 2. The molecule has 1 N–H and O–H groups in total. The molecule has 0 fully saturated rings. The zero-order valence-corrected chi connectivity index (χ0v) is 17.9. The van der Waals surface area contributed by atoms with E-state index in [-0.39, 0.29) is 0 Å². The molecule has 0 aromatic heterocycles. The smallest absolute Gasteiger partial charge is 0.337 e. The number of rotatable bonds is 4. The van der Waals surface area contributed by atoms with Crippen molar-refractivity contribution >= 4 is 33.3 Å². The van der Waals surface area contributed by atoms with Gasteiger partial charge in [-0.25, -0.2) is 13.2 Å². The van der Waals surface area contributed by atoms with Gasteiger partial charge >= 0.3 is 5.97 Å². The first-order valence-electron chi connectivity index (χ1n) is 9.57. The number of nitrogens with one attached hydrogen (secondary N) is 1. The highest BCUT2D eigenvalue weighted by Gasteiger charge is 2.21. The van der Waals surface area contributed by atoms with Crippen molar-refractivity contribution in [3.8, 4) is 5.75 Å². The Morgan fingerprint density at radius 2 is 1.84 bits per heavy atom. The molecule has 0 amide bonds. The normalized spacial score (nSPS) is 14.1. The second-order valence-electron chi connectivity index (χ2n) is 7.21. The van der Waals surface area contributed by atoms with E-state index in [1.165, 1.54) is 7.11 Å². The molecule has 1 aliphatic heterocycles. The van der Waals surface area contributed by atoms with Gasteiger partial charge < -0.3 is 9.47 Å². The third-order valence-electron chi connectivity index (χ3n) is 4.88. The summed E-state index contributed by atoms with van der Waals surface area (Å²) in [5, 5.41) is 0. The molecule has 3 aromatic rings. The van der Waals surface area contributed by atoms with E-state index in [0.29, 0.717) is 23.6 Å². The first-order valence-corrected chi connectivity index (χ1v) is 11.5. The number of sulfonamides is 1. The zero-order chi connectivity index (χ0) is 22.0. The molecule has 6 nitrogen and oxygen atoms in total. The number of methoxy groups -OCH3 is 1. The van der Waals surface area contributed by atoms with E-state index < -0.39 is 16.0 Å². The van der Waals surface area contributed by atoms with E-state index in [1.807, 2.05) is 36.4 Å². The third kappa shape index (κ3) is 4.62. The van der Waals surface area contributed by atoms with Crippen molar-refractivity contribution < 1.29 is 22.7 Å². The van der Waals surface area contributed by atoms with Gasteiger partial charge in [-0.1, -0.05) is 36.4 Å². The van der Waals surface area contributed by atoms with Crippen LogP contribution in [0.3, 0.4) is 0 Å². The van der Waals surface area contributed by atoms with Gasteiger partial charge in [0.15, 0.2) is 0 Å². The number of ether oxygens (including phenoxy) is 2. The highest BCUT2D eigenvalue weighted by Crippen LogP contribution is 2.38. The molecule has 3 aromatic carbocycles. The van der Waals surface area contributed by atoms with Gasteiger partial charge in [-0.2, -0.15) is 0 Å². The van der Waals surface area contributed by atoms with Crippen molar-refractivity contribution in [2.75, 3.05) is 18.1 Å². The molecule has 0 atom stereocenters. The predicted molar refractivity (Wildman–Crippen MR) is 120 cm³/mol. The third-order valence-corrected chi connectivity index (χ3v) is 5.49. The molecular formula is C24H21NO5S. The summed E-state index contributed by atoms with van der Waals surface area (Å²) in [6.45, 7) is 0.397. The SMILES string of the molecule is COC(=O)c1ccc2c(c1)/C(=C/c1cccc(NS(C)(=O)=O)c1)c1ccccc1CO2. The van der Waals surface area contributed by atoms with Gasteiger partial charge in [-0.3, -0.25) is 4.72 Å². The van der Waals surface area contributed by atoms with Crippen molar-refractivity contribution in [2.45, 2.75) is 6.61 Å². The van der Waals surface area contributed by atoms with Gasteiger partial charge in [0.25, 0.3) is 0 Å². The lowest BCUT2D eigenvalue weighted by atomic mass is 9.91. The topological polar surface area (TPSA) is 81.7 Å². The Kier molecular flexibility index (Phi) is 5.52. The van der Waals surface area contributed by atoms with Crippen molar-refractivity contribution in [1.82, 2.24) is 0 Å². The molecule has 0 unspecified atom stereocenters. The minimum Gasteiger partial charge on any atom is -0.488 e. The summed E-state index contributed by atoms with van der Waals surface area (Å²) in [5.41, 5.74) is 5.30. The quantitative estimate of drug-likeness (QED) is 0.617. The summed E-state index contributed by atoms with van der Waals surface area (Å²) in [6.07, 6.45) is 3.07. The minimum atomic E-state index is -3.39. The fourth-order valence-electron chi connectivity index (χ4n) is 3.55. The van der Waals surface area contributed by atoms with Crippen molar-refractivity contribution in [1.29, 1.82) is 0 Å². The van der Waals surface area contributed by atoms with E-state index in [0.717, 1.165) is 34.1 Å². The van der Waals surface area contributed by atoms with E-state index >= 15 is 0 Å². The van der Waals surface area contributed by atoms with Crippen LogP contribution in [0.5, 0.6) is 5.75 Å². The molecule has 0 saturated heterocycles. The number of hydrogen-bond donors (Lipinski definition) is 1. The Morgan fingerprint density at radius 1 is 1.03 bits per heavy atom. The van der Waals surface area contributed by atoms with E-state index in [1.54, 1.807) is 36.4 Å². The number of carbonyl (C=O) groups is 1. The van der Waals surface area contributed by atoms with Gasteiger partial charge in [0.05, 0.1) is 18.9 Å². The van der Waals surface area contributed by atoms with Crippen LogP contribution in [-0.2, 0) is 21.4 Å². The molecule has 0 aliphatic carbocycles. The summed E-state index contributed by atoms with van der Waals surface area (Å²) in [4.78, 5) is 12.1. The Balaban J connectivity index is 1.90. The maximum atomic E-state index is 12.1. The molecule has 0 saturated carbocycles. The molecule has 0 radical (unpaired) electrons. The van der Waals surface area contributed by atoms with E-state index in [4.69, 9.17) is 9.47 Å². The standard InChI is InChI=1S/C24H21NO5S/c1-29-24(26)17-10-11-23-22(14-17)21(20-9-4-3-7-18(20)15-30-23)13-16-6-5-8-19(12-16)25-31(2,27)28/h3-14,25H,15H2,1-2H3/b21-13+. The fraction of sp³-hybridized carbons (Fsp3) is 0.125. The van der Waals surface area contributed by atoms with Crippen LogP contribution in [0.1, 0.15) is 32.6 Å². The lowest BCUT2D eigenvalue weighted by molar-refractivity contribution is 0.0600. The number of carbonyl (C=O) groups excluding carboxylic acids is 1. The first-order chi connectivity index (χ1) is 14.8. The number of hydrogen-bond acceptors (Lipinski definition) is 5. The Labute approximate surface area is 181 Å². The average Bonchev–Trinajstić information content (AvgIpc) is 2.89. The maximum absolute atomic E-state index is 12.1. The second-order valence-corrected chi connectivity index (χ2v) is 8.95. The van der Waals surface area contributed by atoms with Crippen LogP contribution >= 0.6 is 0 Å². The maximum Gasteiger partial charge on any atom is 0.337 e. The van der Waals surface area contributed by atoms with Gasteiger partial charge in [-0.05, 0) is 58.7 Å². The lowest BCUT2D eigenvalue weighted by Crippen LogP contribution is -2.09. The second kappa shape index (κ2) is 8.28. The van der Waals surface area contributed by atoms with Crippen LogP contribution in [0.4, 0.5) is 5.69 Å². The molecule has 7 heteroatoms. The lowest BCUT2D eigenvalue weighted by Gasteiger charge is -2.12. The summed E-state index contributed by atoms with van der Waals surface area (Å²) in [6, 6.07) is 20.2. The molecular weight excluding hydrogens is 414 g/mol. The van der Waals surface area contributed by atoms with Crippen LogP contribution in [0, 0.1) is 0 Å². The van der Waals surface area contributed by atoms with Crippen molar-refractivity contribution in [2.24, 2.45) is 0 Å². The summed E-state index contributed by atoms with van der Waals surface area (Å²) >= 11 is 0.